The second-order valence-corrected chi connectivity index (χ2v) is 8.03. The molecule has 7 nitrogen and oxygen atoms in total. The van der Waals surface area contributed by atoms with Gasteiger partial charge >= 0.3 is 5.69 Å². The Bertz CT molecular complexity index is 1320. The molecule has 1 saturated heterocycles. The van der Waals surface area contributed by atoms with Gasteiger partial charge in [-0.25, -0.2) is 9.78 Å². The highest BCUT2D eigenvalue weighted by atomic mass is 16.3. The van der Waals surface area contributed by atoms with Crippen molar-refractivity contribution in [2.24, 2.45) is 0 Å². The highest BCUT2D eigenvalue weighted by Gasteiger charge is 2.20. The van der Waals surface area contributed by atoms with Crippen molar-refractivity contribution in [3.05, 3.63) is 76.1 Å². The van der Waals surface area contributed by atoms with Gasteiger partial charge in [-0.2, -0.15) is 9.78 Å². The molecular weight excluding hydrogens is 390 g/mol. The monoisotopic (exact) mass is 415 g/mol. The average molecular weight is 415 g/mol. The molecule has 1 N–H and O–H groups in total. The fraction of sp³-hybridized carbons (Fsp3) is 0.292. The van der Waals surface area contributed by atoms with Gasteiger partial charge in [-0.3, -0.25) is 4.40 Å². The Balaban J connectivity index is 1.63. The van der Waals surface area contributed by atoms with Gasteiger partial charge in [0.05, 0.1) is 11.7 Å². The maximum absolute atomic E-state index is 13.4. The smallest absolute Gasteiger partial charge is 0.355 e. The first kappa shape index (κ1) is 19.5. The van der Waals surface area contributed by atoms with E-state index in [9.17, 15) is 4.79 Å². The van der Waals surface area contributed by atoms with Crippen LogP contribution in [0.25, 0.3) is 22.5 Å². The molecule has 0 atom stereocenters. The van der Waals surface area contributed by atoms with Crippen LogP contribution < -0.4 is 10.6 Å². The van der Waals surface area contributed by atoms with Crippen LogP contribution in [0.15, 0.2) is 53.6 Å². The number of fused-ring (bicyclic) bond motifs is 1. The second-order valence-electron chi connectivity index (χ2n) is 8.03. The molecule has 1 fully saturated rings. The first-order valence-electron chi connectivity index (χ1n) is 10.6. The summed E-state index contributed by atoms with van der Waals surface area (Å²) in [6.45, 7) is 6.28. The third-order valence-electron chi connectivity index (χ3n) is 6.15. The lowest BCUT2D eigenvalue weighted by atomic mass is 10.0. The lowest BCUT2D eigenvalue weighted by Gasteiger charge is -2.33. The first-order valence-corrected chi connectivity index (χ1v) is 10.6. The van der Waals surface area contributed by atoms with Gasteiger partial charge in [-0.1, -0.05) is 18.2 Å². The van der Waals surface area contributed by atoms with E-state index >= 15 is 0 Å². The summed E-state index contributed by atoms with van der Waals surface area (Å²) in [6.07, 6.45) is 5.17. The van der Waals surface area contributed by atoms with E-state index in [2.05, 4.69) is 39.2 Å². The zero-order chi connectivity index (χ0) is 21.5. The molecule has 3 aromatic heterocycles. The van der Waals surface area contributed by atoms with Crippen molar-refractivity contribution >= 4 is 11.2 Å². The summed E-state index contributed by atoms with van der Waals surface area (Å²) in [5.74, 6) is 0.459. The van der Waals surface area contributed by atoms with Gasteiger partial charge in [0.15, 0.2) is 5.82 Å². The van der Waals surface area contributed by atoms with Crippen molar-refractivity contribution in [1.29, 1.82) is 0 Å². The summed E-state index contributed by atoms with van der Waals surface area (Å²) >= 11 is 0. The number of hydrogen-bond donors (Lipinski definition) is 1. The fourth-order valence-electron chi connectivity index (χ4n) is 4.35. The van der Waals surface area contributed by atoms with Crippen LogP contribution in [0.3, 0.4) is 0 Å². The first-order chi connectivity index (χ1) is 15.1. The van der Waals surface area contributed by atoms with Crippen molar-refractivity contribution < 1.29 is 5.11 Å². The molecular formula is C24H25N5O2. The average Bonchev–Trinajstić information content (AvgIpc) is 2.99. The summed E-state index contributed by atoms with van der Waals surface area (Å²) in [5, 5.41) is 13.5. The Kier molecular flexibility index (Phi) is 4.82. The van der Waals surface area contributed by atoms with E-state index in [1.54, 1.807) is 22.9 Å². The number of hydrogen-bond acceptors (Lipinski definition) is 5. The van der Waals surface area contributed by atoms with Gasteiger partial charge in [0.2, 0.25) is 0 Å². The van der Waals surface area contributed by atoms with Crippen LogP contribution in [0, 0.1) is 13.8 Å². The molecule has 4 heterocycles. The molecule has 4 aromatic rings. The number of anilines is 1. The minimum Gasteiger partial charge on any atom is -0.396 e. The van der Waals surface area contributed by atoms with Crippen LogP contribution in [-0.2, 0) is 6.42 Å². The molecule has 0 aliphatic carbocycles. The number of aryl methyl sites for hydroxylation is 2. The number of pyridine rings is 1. The standard InChI is InChI=1S/C24H25N5O2/c1-16-21-15-26-29(22-8-7-18(9-12-30)14-25-22)24(31)28(21)17(2)23(16)19-5-3-6-20(13-19)27-10-4-11-27/h3,5-8,13-15,30H,4,9-12H2,1-2H3. The van der Waals surface area contributed by atoms with E-state index in [1.165, 1.54) is 16.8 Å². The van der Waals surface area contributed by atoms with Crippen LogP contribution in [0.2, 0.25) is 0 Å². The van der Waals surface area contributed by atoms with Gasteiger partial charge in [0.1, 0.15) is 0 Å². The van der Waals surface area contributed by atoms with E-state index < -0.39 is 0 Å². The molecule has 31 heavy (non-hydrogen) atoms. The van der Waals surface area contributed by atoms with Crippen molar-refractivity contribution in [2.75, 3.05) is 24.6 Å². The van der Waals surface area contributed by atoms with Crippen LogP contribution in [-0.4, -0.2) is 44.0 Å². The Labute approximate surface area is 180 Å². The molecule has 0 unspecified atom stereocenters. The Hall–Kier alpha value is -3.45. The third-order valence-corrected chi connectivity index (χ3v) is 6.15. The second kappa shape index (κ2) is 7.67. The molecule has 1 aliphatic rings. The minimum atomic E-state index is -0.245. The van der Waals surface area contributed by atoms with Crippen LogP contribution in [0.1, 0.15) is 23.2 Å². The van der Waals surface area contributed by atoms with Crippen molar-refractivity contribution in [1.82, 2.24) is 19.2 Å². The zero-order valence-electron chi connectivity index (χ0n) is 17.7. The highest BCUT2D eigenvalue weighted by molar-refractivity contribution is 5.80. The Morgan fingerprint density at radius 1 is 1.10 bits per heavy atom. The van der Waals surface area contributed by atoms with E-state index in [1.807, 2.05) is 19.9 Å². The lowest BCUT2D eigenvalue weighted by Crippen LogP contribution is -2.36. The van der Waals surface area contributed by atoms with Crippen LogP contribution in [0.4, 0.5) is 5.69 Å². The molecule has 0 saturated carbocycles. The Morgan fingerprint density at radius 3 is 2.61 bits per heavy atom. The number of aromatic nitrogens is 4. The van der Waals surface area contributed by atoms with Crippen molar-refractivity contribution in [3.8, 4) is 16.9 Å². The van der Waals surface area contributed by atoms with Crippen molar-refractivity contribution in [3.63, 3.8) is 0 Å². The molecule has 158 valence electrons. The van der Waals surface area contributed by atoms with Crippen molar-refractivity contribution in [2.45, 2.75) is 26.7 Å². The quantitative estimate of drug-likeness (QED) is 0.542. The van der Waals surface area contributed by atoms with Crippen LogP contribution >= 0.6 is 0 Å². The molecule has 0 radical (unpaired) electrons. The number of benzene rings is 1. The minimum absolute atomic E-state index is 0.0642. The topological polar surface area (TPSA) is 75.7 Å². The van der Waals surface area contributed by atoms with E-state index in [0.29, 0.717) is 12.2 Å². The van der Waals surface area contributed by atoms with E-state index in [4.69, 9.17) is 5.11 Å². The van der Waals surface area contributed by atoms with Crippen LogP contribution in [0.5, 0.6) is 0 Å². The molecule has 0 amide bonds. The van der Waals surface area contributed by atoms with Gasteiger partial charge < -0.3 is 10.0 Å². The summed E-state index contributed by atoms with van der Waals surface area (Å²) in [7, 11) is 0. The summed E-state index contributed by atoms with van der Waals surface area (Å²) < 4.78 is 3.04. The molecule has 1 aromatic carbocycles. The predicted molar refractivity (Wildman–Crippen MR) is 121 cm³/mol. The summed E-state index contributed by atoms with van der Waals surface area (Å²) in [5.41, 5.74) is 6.82. The lowest BCUT2D eigenvalue weighted by molar-refractivity contribution is 0.299. The summed E-state index contributed by atoms with van der Waals surface area (Å²) in [4.78, 5) is 20.1. The fourth-order valence-corrected chi connectivity index (χ4v) is 4.35. The van der Waals surface area contributed by atoms with Gasteiger partial charge in [-0.15, -0.1) is 0 Å². The maximum Gasteiger partial charge on any atom is 0.355 e. The SMILES string of the molecule is Cc1c(-c2cccc(N3CCC3)c2)c(C)n2c(=O)n(-c3ccc(CCO)cn3)ncc12. The zero-order valence-corrected chi connectivity index (χ0v) is 17.7. The van der Waals surface area contributed by atoms with Gasteiger partial charge in [0.25, 0.3) is 0 Å². The molecule has 7 heteroatoms. The largest absolute Gasteiger partial charge is 0.396 e. The van der Waals surface area contributed by atoms with Gasteiger partial charge in [0, 0.05) is 42.8 Å². The molecule has 0 bridgehead atoms. The number of aliphatic hydroxyl groups excluding tert-OH is 1. The number of rotatable bonds is 5. The summed E-state index contributed by atoms with van der Waals surface area (Å²) in [6, 6.07) is 12.2. The third kappa shape index (κ3) is 3.21. The number of aliphatic hydroxyl groups is 1. The highest BCUT2D eigenvalue weighted by Crippen LogP contribution is 2.34. The van der Waals surface area contributed by atoms with E-state index in [0.717, 1.165) is 46.6 Å². The van der Waals surface area contributed by atoms with Gasteiger partial charge in [-0.05, 0) is 61.6 Å². The normalized spacial score (nSPS) is 13.6. The Morgan fingerprint density at radius 2 is 1.94 bits per heavy atom. The predicted octanol–water partition coefficient (Wildman–Crippen LogP) is 2.91. The number of nitrogens with zero attached hydrogens (tertiary/aromatic N) is 5. The van der Waals surface area contributed by atoms with E-state index in [-0.39, 0.29) is 12.3 Å². The molecule has 0 spiro atoms. The maximum atomic E-state index is 13.4. The molecule has 5 rings (SSSR count). The molecule has 1 aliphatic heterocycles.